The molecule has 13 heteroatoms. The SMILES string of the molecule is COCCCN(CC(=O)N1CCNCC1)S(=O)(=O)c1ccccc1.O=C(O)C(F)(F)F. The lowest BCUT2D eigenvalue weighted by Gasteiger charge is -2.30. The van der Waals surface area contributed by atoms with E-state index in [0.717, 1.165) is 13.1 Å². The van der Waals surface area contributed by atoms with Crippen molar-refractivity contribution in [2.24, 2.45) is 0 Å². The molecule has 2 rings (SSSR count). The molecule has 0 atom stereocenters. The highest BCUT2D eigenvalue weighted by molar-refractivity contribution is 7.89. The van der Waals surface area contributed by atoms with Crippen molar-refractivity contribution < 1.29 is 41.0 Å². The highest BCUT2D eigenvalue weighted by Crippen LogP contribution is 2.16. The number of carboxylic acids is 1. The third-order valence-electron chi connectivity index (χ3n) is 4.16. The first-order valence-electron chi connectivity index (χ1n) is 9.33. The molecule has 1 aromatic carbocycles. The first kappa shape index (κ1) is 26.8. The summed E-state index contributed by atoms with van der Waals surface area (Å²) in [5, 5.41) is 10.3. The van der Waals surface area contributed by atoms with Gasteiger partial charge in [0.05, 0.1) is 11.4 Å². The van der Waals surface area contributed by atoms with E-state index in [9.17, 15) is 26.4 Å². The molecule has 0 spiro atoms. The van der Waals surface area contributed by atoms with Gasteiger partial charge in [-0.2, -0.15) is 17.5 Å². The van der Waals surface area contributed by atoms with Crippen LogP contribution in [-0.2, 0) is 24.3 Å². The quantitative estimate of drug-likeness (QED) is 0.541. The van der Waals surface area contributed by atoms with Gasteiger partial charge in [0, 0.05) is 46.4 Å². The van der Waals surface area contributed by atoms with Gasteiger partial charge in [-0.05, 0) is 18.6 Å². The molecule has 0 bridgehead atoms. The molecular formula is C18H26F3N3O6S. The van der Waals surface area contributed by atoms with Crippen LogP contribution >= 0.6 is 0 Å². The number of piperazine rings is 1. The van der Waals surface area contributed by atoms with E-state index in [-0.39, 0.29) is 23.9 Å². The summed E-state index contributed by atoms with van der Waals surface area (Å²) in [5.74, 6) is -2.92. The molecule has 0 aromatic heterocycles. The van der Waals surface area contributed by atoms with Crippen molar-refractivity contribution in [2.45, 2.75) is 17.5 Å². The topological polar surface area (TPSA) is 116 Å². The summed E-state index contributed by atoms with van der Waals surface area (Å²) in [5.41, 5.74) is 0. The molecule has 0 radical (unpaired) electrons. The molecule has 1 aromatic rings. The minimum atomic E-state index is -5.08. The third kappa shape index (κ3) is 9.21. The molecule has 0 aliphatic carbocycles. The van der Waals surface area contributed by atoms with Crippen LogP contribution in [0, 0.1) is 0 Å². The minimum Gasteiger partial charge on any atom is -0.475 e. The van der Waals surface area contributed by atoms with Gasteiger partial charge in [0.1, 0.15) is 0 Å². The van der Waals surface area contributed by atoms with Gasteiger partial charge in [-0.1, -0.05) is 18.2 Å². The lowest BCUT2D eigenvalue weighted by molar-refractivity contribution is -0.192. The molecule has 2 N–H and O–H groups in total. The average molecular weight is 469 g/mol. The first-order valence-corrected chi connectivity index (χ1v) is 10.8. The number of benzene rings is 1. The number of nitrogens with one attached hydrogen (secondary N) is 1. The molecule has 31 heavy (non-hydrogen) atoms. The molecular weight excluding hydrogens is 443 g/mol. The number of carbonyl (C=O) groups excluding carboxylic acids is 1. The summed E-state index contributed by atoms with van der Waals surface area (Å²) in [4.78, 5) is 23.3. The molecule has 1 aliphatic rings. The van der Waals surface area contributed by atoms with Gasteiger partial charge < -0.3 is 20.1 Å². The van der Waals surface area contributed by atoms with E-state index in [0.29, 0.717) is 26.1 Å². The number of aliphatic carboxylic acids is 1. The van der Waals surface area contributed by atoms with Crippen LogP contribution in [0.15, 0.2) is 35.2 Å². The van der Waals surface area contributed by atoms with Crippen LogP contribution in [0.1, 0.15) is 6.42 Å². The molecule has 0 unspecified atom stereocenters. The normalized spacial score (nSPS) is 14.7. The van der Waals surface area contributed by atoms with Crippen molar-refractivity contribution in [1.82, 2.24) is 14.5 Å². The number of methoxy groups -OCH3 is 1. The first-order chi connectivity index (χ1) is 14.5. The Balaban J connectivity index is 0.000000592. The predicted octanol–water partition coefficient (Wildman–Crippen LogP) is 0.779. The Morgan fingerprint density at radius 1 is 1.19 bits per heavy atom. The van der Waals surface area contributed by atoms with Crippen molar-refractivity contribution in [3.05, 3.63) is 30.3 Å². The molecule has 9 nitrogen and oxygen atoms in total. The summed E-state index contributed by atoms with van der Waals surface area (Å²) in [7, 11) is -2.13. The van der Waals surface area contributed by atoms with E-state index in [1.54, 1.807) is 42.3 Å². The molecule has 0 saturated carbocycles. The Labute approximate surface area is 178 Å². The smallest absolute Gasteiger partial charge is 0.475 e. The number of rotatable bonds is 8. The number of carbonyl (C=O) groups is 2. The van der Waals surface area contributed by atoms with Crippen LogP contribution in [0.2, 0.25) is 0 Å². The maximum absolute atomic E-state index is 12.8. The molecule has 1 heterocycles. The second kappa shape index (κ2) is 12.6. The fraction of sp³-hybridized carbons (Fsp3) is 0.556. The zero-order valence-corrected chi connectivity index (χ0v) is 17.8. The molecule has 176 valence electrons. The summed E-state index contributed by atoms with van der Waals surface area (Å²) >= 11 is 0. The monoisotopic (exact) mass is 469 g/mol. The van der Waals surface area contributed by atoms with Crippen molar-refractivity contribution in [2.75, 3.05) is 53.0 Å². The highest BCUT2D eigenvalue weighted by Gasteiger charge is 2.38. The van der Waals surface area contributed by atoms with Crippen LogP contribution in [0.25, 0.3) is 0 Å². The van der Waals surface area contributed by atoms with Gasteiger partial charge in [0.2, 0.25) is 15.9 Å². The average Bonchev–Trinajstić information content (AvgIpc) is 2.74. The van der Waals surface area contributed by atoms with Crippen molar-refractivity contribution in [3.8, 4) is 0 Å². The number of amides is 1. The number of carboxylic acid groups (broad SMARTS) is 1. The van der Waals surface area contributed by atoms with Gasteiger partial charge in [0.25, 0.3) is 0 Å². The maximum atomic E-state index is 12.8. The number of nitrogens with zero attached hydrogens (tertiary/aromatic N) is 2. The van der Waals surface area contributed by atoms with Crippen LogP contribution < -0.4 is 5.32 Å². The third-order valence-corrected chi connectivity index (χ3v) is 6.02. The van der Waals surface area contributed by atoms with Crippen molar-refractivity contribution in [1.29, 1.82) is 0 Å². The van der Waals surface area contributed by atoms with E-state index in [4.69, 9.17) is 14.6 Å². The van der Waals surface area contributed by atoms with Crippen LogP contribution in [0.5, 0.6) is 0 Å². The fourth-order valence-corrected chi connectivity index (χ4v) is 4.03. The van der Waals surface area contributed by atoms with Gasteiger partial charge in [0.15, 0.2) is 0 Å². The number of alkyl halides is 3. The van der Waals surface area contributed by atoms with Crippen LogP contribution in [-0.4, -0.2) is 93.8 Å². The lowest BCUT2D eigenvalue weighted by Crippen LogP contribution is -2.50. The van der Waals surface area contributed by atoms with Crippen molar-refractivity contribution >= 4 is 21.9 Å². The van der Waals surface area contributed by atoms with E-state index in [2.05, 4.69) is 5.32 Å². The lowest BCUT2D eigenvalue weighted by atomic mass is 10.3. The number of ether oxygens (including phenoxy) is 1. The number of sulfonamides is 1. The zero-order valence-electron chi connectivity index (χ0n) is 17.0. The Kier molecular flexibility index (Phi) is 10.9. The standard InChI is InChI=1S/C16H25N3O4S.C2HF3O2/c1-23-13-5-10-19(14-16(20)18-11-8-17-9-12-18)24(21,22)15-6-3-2-4-7-15;3-2(4,5)1(6)7/h2-4,6-7,17H,5,8-14H2,1H3;(H,6,7). The molecule has 1 fully saturated rings. The molecule has 1 saturated heterocycles. The Morgan fingerprint density at radius 2 is 1.74 bits per heavy atom. The zero-order chi connectivity index (χ0) is 23.5. The van der Waals surface area contributed by atoms with E-state index in [1.165, 1.54) is 4.31 Å². The Hall–Kier alpha value is -2.22. The van der Waals surface area contributed by atoms with Crippen LogP contribution in [0.3, 0.4) is 0 Å². The minimum absolute atomic E-state index is 0.138. The summed E-state index contributed by atoms with van der Waals surface area (Å²) in [6, 6.07) is 8.22. The van der Waals surface area contributed by atoms with Gasteiger partial charge >= 0.3 is 12.1 Å². The maximum Gasteiger partial charge on any atom is 0.490 e. The summed E-state index contributed by atoms with van der Waals surface area (Å²) in [6.07, 6.45) is -4.54. The second-order valence-corrected chi connectivity index (χ2v) is 8.37. The van der Waals surface area contributed by atoms with E-state index >= 15 is 0 Å². The second-order valence-electron chi connectivity index (χ2n) is 6.43. The van der Waals surface area contributed by atoms with E-state index < -0.39 is 22.2 Å². The van der Waals surface area contributed by atoms with E-state index in [1.807, 2.05) is 0 Å². The highest BCUT2D eigenvalue weighted by atomic mass is 32.2. The number of hydrogen-bond acceptors (Lipinski definition) is 6. The van der Waals surface area contributed by atoms with Gasteiger partial charge in [-0.25, -0.2) is 13.2 Å². The number of halogens is 3. The molecule has 1 amide bonds. The van der Waals surface area contributed by atoms with Gasteiger partial charge in [-0.3, -0.25) is 4.79 Å². The van der Waals surface area contributed by atoms with Gasteiger partial charge in [-0.15, -0.1) is 0 Å². The number of hydrogen-bond donors (Lipinski definition) is 2. The predicted molar refractivity (Wildman–Crippen MR) is 105 cm³/mol. The van der Waals surface area contributed by atoms with Crippen LogP contribution in [0.4, 0.5) is 13.2 Å². The summed E-state index contributed by atoms with van der Waals surface area (Å²) < 4.78 is 63.7. The summed E-state index contributed by atoms with van der Waals surface area (Å²) in [6.45, 7) is 3.25. The Morgan fingerprint density at radius 3 is 2.23 bits per heavy atom. The largest absolute Gasteiger partial charge is 0.490 e. The Bertz CT molecular complexity index is 800. The molecule has 1 aliphatic heterocycles. The fourth-order valence-electron chi connectivity index (χ4n) is 2.58. The van der Waals surface area contributed by atoms with Crippen molar-refractivity contribution in [3.63, 3.8) is 0 Å².